The number of carbonyl (C=O) groups is 1. The van der Waals surface area contributed by atoms with Gasteiger partial charge in [-0.2, -0.15) is 8.42 Å². The molecule has 1 rings (SSSR count). The van der Waals surface area contributed by atoms with Gasteiger partial charge in [0.15, 0.2) is 6.29 Å². The van der Waals surface area contributed by atoms with Gasteiger partial charge in [0.2, 0.25) is 0 Å². The largest absolute Gasteiger partial charge is 0.457 e. The Bertz CT molecular complexity index is 1320. The minimum absolute atomic E-state index is 0.0338. The molecule has 0 radical (unpaired) electrons. The van der Waals surface area contributed by atoms with Crippen molar-refractivity contribution in [3.8, 4) is 0 Å². The Morgan fingerprint density at radius 1 is 0.559 bits per heavy atom. The van der Waals surface area contributed by atoms with Crippen LogP contribution in [0.25, 0.3) is 0 Å². The maximum Gasteiger partial charge on any atom is 0.397 e. The molecule has 13 heteroatoms. The van der Waals surface area contributed by atoms with Crippen molar-refractivity contribution < 1.29 is 56.2 Å². The SMILES string of the molecule is CCCCC/C=C\C/C=C\C/C=C\CCCCCCCCC(=O)OC(COCCCCCCCCCCCCCCCCCCCCCCCC)COC1OC(CO)C(O)C(OS(=O)(=O)O)C1O. The first-order chi connectivity index (χ1) is 33.1. The van der Waals surface area contributed by atoms with E-state index < -0.39 is 59.8 Å². The van der Waals surface area contributed by atoms with E-state index in [4.69, 9.17) is 18.9 Å². The van der Waals surface area contributed by atoms with Crippen molar-refractivity contribution in [1.82, 2.24) is 0 Å². The number of carbonyl (C=O) groups excluding carboxylic acids is 1. The maximum absolute atomic E-state index is 12.9. The molecule has 0 aromatic rings. The molecule has 1 aliphatic rings. The Labute approximate surface area is 415 Å². The summed E-state index contributed by atoms with van der Waals surface area (Å²) in [5.74, 6) is -0.407. The van der Waals surface area contributed by atoms with Crippen molar-refractivity contribution in [3.05, 3.63) is 36.5 Å². The van der Waals surface area contributed by atoms with E-state index in [-0.39, 0.29) is 19.6 Å². The van der Waals surface area contributed by atoms with Crippen LogP contribution in [0.4, 0.5) is 0 Å². The average molecular weight is 987 g/mol. The highest BCUT2D eigenvalue weighted by molar-refractivity contribution is 7.80. The standard InChI is InChI=1S/C55H102O12S/c1-3-5-7-9-11-13-15-17-19-21-23-24-25-27-29-31-33-35-37-39-41-43-45-63-47-49(48-64-55-53(59)54(67-68(60,61)62)52(58)50(46-56)66-55)65-51(57)44-42-40-38-36-34-32-30-28-26-22-20-18-16-14-12-10-8-6-4-2/h12,14,18,20,26,28,49-50,52-56,58-59H,3-11,13,15-17,19,21-25,27,29-48H2,1-2H3,(H,60,61,62)/b14-12-,20-18-,28-26-. The van der Waals surface area contributed by atoms with Gasteiger partial charge in [0, 0.05) is 13.0 Å². The van der Waals surface area contributed by atoms with Crippen LogP contribution in [0, 0.1) is 0 Å². The van der Waals surface area contributed by atoms with Gasteiger partial charge in [-0.05, 0) is 51.4 Å². The number of hydrogen-bond donors (Lipinski definition) is 4. The summed E-state index contributed by atoms with van der Waals surface area (Å²) in [4.78, 5) is 12.9. The molecule has 1 fully saturated rings. The number of aliphatic hydroxyl groups excluding tert-OH is 3. The van der Waals surface area contributed by atoms with Crippen molar-refractivity contribution in [2.45, 2.75) is 282 Å². The average Bonchev–Trinajstić information content (AvgIpc) is 3.31. The van der Waals surface area contributed by atoms with Gasteiger partial charge in [-0.3, -0.25) is 9.35 Å². The molecule has 4 N–H and O–H groups in total. The number of unbranched alkanes of at least 4 members (excludes halogenated alkanes) is 30. The van der Waals surface area contributed by atoms with Gasteiger partial charge >= 0.3 is 16.4 Å². The number of hydrogen-bond acceptors (Lipinski definition) is 11. The van der Waals surface area contributed by atoms with E-state index in [2.05, 4.69) is 54.5 Å². The molecule has 6 atom stereocenters. The summed E-state index contributed by atoms with van der Waals surface area (Å²) in [6, 6.07) is 0. The summed E-state index contributed by atoms with van der Waals surface area (Å²) < 4.78 is 59.4. The van der Waals surface area contributed by atoms with E-state index in [9.17, 15) is 33.1 Å². The summed E-state index contributed by atoms with van der Waals surface area (Å²) in [6.45, 7) is 3.99. The molecule has 0 saturated carbocycles. The molecule has 0 bridgehead atoms. The van der Waals surface area contributed by atoms with Crippen LogP contribution in [0.1, 0.15) is 245 Å². The molecule has 68 heavy (non-hydrogen) atoms. The van der Waals surface area contributed by atoms with Crippen LogP contribution in [0.5, 0.6) is 0 Å². The van der Waals surface area contributed by atoms with Crippen LogP contribution in [-0.2, 0) is 38.3 Å². The van der Waals surface area contributed by atoms with E-state index in [1.54, 1.807) is 0 Å². The first kappa shape index (κ1) is 64.3. The fourth-order valence-corrected chi connectivity index (χ4v) is 9.07. The molecule has 0 amide bonds. The zero-order valence-electron chi connectivity index (χ0n) is 43.2. The lowest BCUT2D eigenvalue weighted by molar-refractivity contribution is -0.301. The van der Waals surface area contributed by atoms with Crippen LogP contribution in [0.2, 0.25) is 0 Å². The minimum Gasteiger partial charge on any atom is -0.457 e. The highest BCUT2D eigenvalue weighted by atomic mass is 32.3. The summed E-state index contributed by atoms with van der Waals surface area (Å²) in [5.41, 5.74) is 0. The van der Waals surface area contributed by atoms with E-state index in [0.717, 1.165) is 70.6 Å². The number of rotatable bonds is 49. The Kier molecular flexibility index (Phi) is 43.9. The maximum atomic E-state index is 12.9. The third-order valence-corrected chi connectivity index (χ3v) is 13.2. The predicted molar refractivity (Wildman–Crippen MR) is 276 cm³/mol. The molecule has 12 nitrogen and oxygen atoms in total. The van der Waals surface area contributed by atoms with Crippen LogP contribution in [0.15, 0.2) is 36.5 Å². The molecule has 0 spiro atoms. The molecule has 400 valence electrons. The van der Waals surface area contributed by atoms with Crippen LogP contribution >= 0.6 is 0 Å². The lowest BCUT2D eigenvalue weighted by Gasteiger charge is -2.41. The normalized spacial score (nSPS) is 19.5. The first-order valence-corrected chi connectivity index (χ1v) is 29.1. The Hall–Kier alpha value is -1.68. The van der Waals surface area contributed by atoms with Crippen molar-refractivity contribution in [3.63, 3.8) is 0 Å². The number of ether oxygens (including phenoxy) is 4. The van der Waals surface area contributed by atoms with Gasteiger partial charge in [-0.15, -0.1) is 0 Å². The zero-order valence-corrected chi connectivity index (χ0v) is 44.0. The minimum atomic E-state index is -5.07. The highest BCUT2D eigenvalue weighted by Crippen LogP contribution is 2.26. The summed E-state index contributed by atoms with van der Waals surface area (Å²) in [6.07, 6.45) is 47.5. The molecule has 1 saturated heterocycles. The smallest absolute Gasteiger partial charge is 0.397 e. The third kappa shape index (κ3) is 39.0. The van der Waals surface area contributed by atoms with Gasteiger partial charge in [0.25, 0.3) is 0 Å². The van der Waals surface area contributed by atoms with Crippen molar-refractivity contribution in [1.29, 1.82) is 0 Å². The summed E-state index contributed by atoms with van der Waals surface area (Å²) in [7, 11) is -5.07. The van der Waals surface area contributed by atoms with E-state index in [0.29, 0.717) is 13.0 Å². The fourth-order valence-electron chi connectivity index (χ4n) is 8.56. The second kappa shape index (κ2) is 46.4. The van der Waals surface area contributed by atoms with Crippen LogP contribution < -0.4 is 0 Å². The van der Waals surface area contributed by atoms with Gasteiger partial charge in [-0.25, -0.2) is 4.18 Å². The van der Waals surface area contributed by atoms with Crippen LogP contribution in [-0.4, -0.2) is 97.5 Å². The molecule has 1 aliphatic heterocycles. The predicted octanol–water partition coefficient (Wildman–Crippen LogP) is 13.3. The lowest BCUT2D eigenvalue weighted by Crippen LogP contribution is -2.60. The van der Waals surface area contributed by atoms with Crippen molar-refractivity contribution in [2.24, 2.45) is 0 Å². The Balaban J connectivity index is 2.32. The summed E-state index contributed by atoms with van der Waals surface area (Å²) in [5, 5.41) is 30.8. The lowest BCUT2D eigenvalue weighted by atomic mass is 9.99. The second-order valence-electron chi connectivity index (χ2n) is 19.2. The van der Waals surface area contributed by atoms with Gasteiger partial charge < -0.3 is 34.3 Å². The topological polar surface area (TPSA) is 178 Å². The summed E-state index contributed by atoms with van der Waals surface area (Å²) >= 11 is 0. The van der Waals surface area contributed by atoms with Gasteiger partial charge in [-0.1, -0.05) is 224 Å². The molecular weight excluding hydrogens is 885 g/mol. The molecule has 1 heterocycles. The van der Waals surface area contributed by atoms with E-state index in [1.165, 1.54) is 148 Å². The van der Waals surface area contributed by atoms with Gasteiger partial charge in [0.05, 0.1) is 19.8 Å². The molecule has 0 aliphatic carbocycles. The van der Waals surface area contributed by atoms with Crippen molar-refractivity contribution >= 4 is 16.4 Å². The monoisotopic (exact) mass is 987 g/mol. The first-order valence-electron chi connectivity index (χ1n) is 27.7. The van der Waals surface area contributed by atoms with Gasteiger partial charge in [0.1, 0.15) is 30.5 Å². The third-order valence-electron chi connectivity index (χ3n) is 12.8. The molecule has 6 unspecified atom stereocenters. The van der Waals surface area contributed by atoms with E-state index >= 15 is 0 Å². The zero-order chi connectivity index (χ0) is 49.6. The number of aliphatic hydroxyl groups is 3. The second-order valence-corrected chi connectivity index (χ2v) is 20.2. The molecule has 0 aromatic heterocycles. The number of esters is 1. The molecule has 0 aromatic carbocycles. The fraction of sp³-hybridized carbons (Fsp3) is 0.873. The Morgan fingerprint density at radius 3 is 1.44 bits per heavy atom. The molecular formula is C55H102O12S. The Morgan fingerprint density at radius 2 is 0.971 bits per heavy atom. The van der Waals surface area contributed by atoms with Crippen LogP contribution in [0.3, 0.4) is 0 Å². The van der Waals surface area contributed by atoms with Crippen molar-refractivity contribution in [2.75, 3.05) is 26.4 Å². The quantitative estimate of drug-likeness (QED) is 0.0197. The number of allylic oxidation sites excluding steroid dienone is 6. The highest BCUT2D eigenvalue weighted by Gasteiger charge is 2.48. The van der Waals surface area contributed by atoms with E-state index in [1.807, 2.05) is 0 Å².